The number of furan rings is 1. The van der Waals surface area contributed by atoms with Gasteiger partial charge in [0, 0.05) is 31.2 Å². The van der Waals surface area contributed by atoms with Crippen LogP contribution in [0.5, 0.6) is 0 Å². The minimum atomic E-state index is -3.08. The van der Waals surface area contributed by atoms with E-state index in [4.69, 9.17) is 4.42 Å². The highest BCUT2D eigenvalue weighted by molar-refractivity contribution is 7.89. The molecule has 1 aliphatic heterocycles. The summed E-state index contributed by atoms with van der Waals surface area (Å²) in [6.45, 7) is 10.1. The van der Waals surface area contributed by atoms with E-state index in [-0.39, 0.29) is 11.8 Å². The van der Waals surface area contributed by atoms with Gasteiger partial charge < -0.3 is 15.1 Å². The van der Waals surface area contributed by atoms with Gasteiger partial charge in [-0.15, -0.1) is 0 Å². The van der Waals surface area contributed by atoms with Crippen molar-refractivity contribution < 1.29 is 12.8 Å². The fraction of sp³-hybridized carbons (Fsp3) is 0.706. The van der Waals surface area contributed by atoms with Gasteiger partial charge in [0.2, 0.25) is 10.0 Å². The number of nitrogens with zero attached hydrogens (tertiary/aromatic N) is 2. The quantitative estimate of drug-likeness (QED) is 0.589. The molecule has 2 N–H and O–H groups in total. The van der Waals surface area contributed by atoms with E-state index in [9.17, 15) is 8.42 Å². The van der Waals surface area contributed by atoms with Crippen LogP contribution in [0, 0.1) is 13.8 Å². The highest BCUT2D eigenvalue weighted by atomic mass is 32.2. The second-order valence-corrected chi connectivity index (χ2v) is 8.61. The van der Waals surface area contributed by atoms with Gasteiger partial charge in [0.25, 0.3) is 0 Å². The van der Waals surface area contributed by atoms with Crippen molar-refractivity contribution >= 4 is 16.0 Å². The highest BCUT2D eigenvalue weighted by Gasteiger charge is 2.27. The first-order chi connectivity index (χ1) is 11.9. The zero-order valence-corrected chi connectivity index (χ0v) is 16.4. The predicted molar refractivity (Wildman–Crippen MR) is 100 cm³/mol. The zero-order chi connectivity index (χ0) is 18.4. The molecule has 2 rings (SSSR count). The number of rotatable bonds is 6. The lowest BCUT2D eigenvalue weighted by molar-refractivity contribution is 0.306. The third-order valence-electron chi connectivity index (χ3n) is 4.45. The molecule has 1 fully saturated rings. The molecule has 0 atom stereocenters. The maximum atomic E-state index is 11.9. The van der Waals surface area contributed by atoms with Gasteiger partial charge in [-0.3, -0.25) is 0 Å². The summed E-state index contributed by atoms with van der Waals surface area (Å²) >= 11 is 0. The number of guanidine groups is 1. The molecule has 0 spiro atoms. The lowest BCUT2D eigenvalue weighted by Gasteiger charge is -2.32. The number of aryl methyl sites for hydroxylation is 2. The van der Waals surface area contributed by atoms with Crippen molar-refractivity contribution in [3.8, 4) is 0 Å². The molecule has 8 heteroatoms. The molecule has 142 valence electrons. The van der Waals surface area contributed by atoms with Crippen molar-refractivity contribution in [2.24, 2.45) is 4.99 Å². The maximum Gasteiger partial charge on any atom is 0.213 e. The standard InChI is InChI=1S/C17H30N4O3S/c1-5-18-17(19-12-15-11-13(3)24-14(15)4)20-16-7-9-21(10-8-16)25(22,23)6-2/h11,16H,5-10,12H2,1-4H3,(H2,18,19,20). The summed E-state index contributed by atoms with van der Waals surface area (Å²) in [5, 5.41) is 6.69. The molecule has 0 aliphatic carbocycles. The number of hydrogen-bond donors (Lipinski definition) is 2. The summed E-state index contributed by atoms with van der Waals surface area (Å²) in [5.74, 6) is 2.72. The topological polar surface area (TPSA) is 86.9 Å². The monoisotopic (exact) mass is 370 g/mol. The van der Waals surface area contributed by atoms with Crippen LogP contribution in [0.4, 0.5) is 0 Å². The molecule has 1 aromatic rings. The minimum Gasteiger partial charge on any atom is -0.466 e. The second-order valence-electron chi connectivity index (χ2n) is 6.35. The van der Waals surface area contributed by atoms with Crippen molar-refractivity contribution in [3.05, 3.63) is 23.2 Å². The van der Waals surface area contributed by atoms with E-state index >= 15 is 0 Å². The van der Waals surface area contributed by atoms with Gasteiger partial charge in [-0.05, 0) is 46.6 Å². The van der Waals surface area contributed by atoms with Crippen LogP contribution in [0.25, 0.3) is 0 Å². The van der Waals surface area contributed by atoms with Crippen LogP contribution < -0.4 is 10.6 Å². The van der Waals surface area contributed by atoms with Crippen LogP contribution in [-0.4, -0.2) is 50.1 Å². The third-order valence-corrected chi connectivity index (χ3v) is 6.33. The van der Waals surface area contributed by atoms with E-state index in [1.165, 1.54) is 0 Å². The normalized spacial score (nSPS) is 17.7. The summed E-state index contributed by atoms with van der Waals surface area (Å²) in [6.07, 6.45) is 1.57. The number of piperidine rings is 1. The Morgan fingerprint density at radius 2 is 2.00 bits per heavy atom. The molecule has 0 aromatic carbocycles. The second kappa shape index (κ2) is 8.71. The maximum absolute atomic E-state index is 11.9. The highest BCUT2D eigenvalue weighted by Crippen LogP contribution is 2.16. The fourth-order valence-corrected chi connectivity index (χ4v) is 4.11. The first kappa shape index (κ1) is 19.8. The van der Waals surface area contributed by atoms with Gasteiger partial charge >= 0.3 is 0 Å². The summed E-state index contributed by atoms with van der Waals surface area (Å²) in [7, 11) is -3.08. The number of hydrogen-bond acceptors (Lipinski definition) is 4. The predicted octanol–water partition coefficient (Wildman–Crippen LogP) is 1.77. The average molecular weight is 371 g/mol. The average Bonchev–Trinajstić information content (AvgIpc) is 2.91. The molecule has 0 amide bonds. The molecule has 7 nitrogen and oxygen atoms in total. The van der Waals surface area contributed by atoms with Crippen molar-refractivity contribution in [3.63, 3.8) is 0 Å². The Kier molecular flexibility index (Phi) is 6.89. The van der Waals surface area contributed by atoms with Gasteiger partial charge in [0.15, 0.2) is 5.96 Å². The van der Waals surface area contributed by atoms with Crippen LogP contribution in [0.15, 0.2) is 15.5 Å². The van der Waals surface area contributed by atoms with E-state index in [0.717, 1.165) is 42.4 Å². The Balaban J connectivity index is 1.93. The molecule has 1 aromatic heterocycles. The third kappa shape index (κ3) is 5.47. The largest absolute Gasteiger partial charge is 0.466 e. The van der Waals surface area contributed by atoms with Crippen molar-refractivity contribution in [1.29, 1.82) is 0 Å². The molecular formula is C17H30N4O3S. The van der Waals surface area contributed by atoms with E-state index in [1.54, 1.807) is 11.2 Å². The molecule has 2 heterocycles. The number of sulfonamides is 1. The Hall–Kier alpha value is -1.54. The first-order valence-corrected chi connectivity index (χ1v) is 10.5. The number of nitrogens with one attached hydrogen (secondary N) is 2. The Labute approximate surface area is 150 Å². The zero-order valence-electron chi connectivity index (χ0n) is 15.6. The van der Waals surface area contributed by atoms with E-state index in [1.807, 2.05) is 26.8 Å². The van der Waals surface area contributed by atoms with Crippen LogP contribution in [0.2, 0.25) is 0 Å². The summed E-state index contributed by atoms with van der Waals surface area (Å²) < 4.78 is 31.0. The summed E-state index contributed by atoms with van der Waals surface area (Å²) in [4.78, 5) is 4.64. The van der Waals surface area contributed by atoms with Gasteiger partial charge in [0.1, 0.15) is 11.5 Å². The van der Waals surface area contributed by atoms with Crippen LogP contribution in [0.1, 0.15) is 43.8 Å². The molecule has 0 saturated carbocycles. The Bertz CT molecular complexity index is 689. The Morgan fingerprint density at radius 1 is 1.32 bits per heavy atom. The molecule has 0 radical (unpaired) electrons. The van der Waals surface area contributed by atoms with Crippen LogP contribution >= 0.6 is 0 Å². The molecule has 25 heavy (non-hydrogen) atoms. The van der Waals surface area contributed by atoms with Crippen molar-refractivity contribution in [1.82, 2.24) is 14.9 Å². The number of aliphatic imine (C=N–C) groups is 1. The Morgan fingerprint density at radius 3 is 2.52 bits per heavy atom. The lowest BCUT2D eigenvalue weighted by Crippen LogP contribution is -2.50. The lowest BCUT2D eigenvalue weighted by atomic mass is 10.1. The van der Waals surface area contributed by atoms with Gasteiger partial charge in [-0.25, -0.2) is 17.7 Å². The first-order valence-electron chi connectivity index (χ1n) is 8.94. The summed E-state index contributed by atoms with van der Waals surface area (Å²) in [6, 6.07) is 2.24. The molecular weight excluding hydrogens is 340 g/mol. The SMILES string of the molecule is CCNC(=NCc1cc(C)oc1C)NC1CCN(S(=O)(=O)CC)CC1. The molecule has 0 unspecified atom stereocenters. The minimum absolute atomic E-state index is 0.165. The van der Waals surface area contributed by atoms with Crippen LogP contribution in [0.3, 0.4) is 0 Å². The van der Waals surface area contributed by atoms with E-state index in [2.05, 4.69) is 15.6 Å². The summed E-state index contributed by atoms with van der Waals surface area (Å²) in [5.41, 5.74) is 1.08. The fourth-order valence-electron chi connectivity index (χ4n) is 2.98. The van der Waals surface area contributed by atoms with Gasteiger partial charge in [-0.2, -0.15) is 0 Å². The molecule has 1 saturated heterocycles. The molecule has 1 aliphatic rings. The van der Waals surface area contributed by atoms with E-state index in [0.29, 0.717) is 19.6 Å². The van der Waals surface area contributed by atoms with Crippen LogP contribution in [-0.2, 0) is 16.6 Å². The van der Waals surface area contributed by atoms with E-state index < -0.39 is 10.0 Å². The van der Waals surface area contributed by atoms with Crippen molar-refractivity contribution in [2.45, 2.75) is 53.1 Å². The van der Waals surface area contributed by atoms with Crippen molar-refractivity contribution in [2.75, 3.05) is 25.4 Å². The van der Waals surface area contributed by atoms with Gasteiger partial charge in [-0.1, -0.05) is 0 Å². The smallest absolute Gasteiger partial charge is 0.213 e. The van der Waals surface area contributed by atoms with Gasteiger partial charge in [0.05, 0.1) is 12.3 Å². The molecule has 0 bridgehead atoms.